The molecule has 2 aromatic carbocycles. The summed E-state index contributed by atoms with van der Waals surface area (Å²) in [4.78, 5) is 41.0. The molecule has 3 atom stereocenters. The zero-order valence-corrected chi connectivity index (χ0v) is 20.4. The number of hydrogen-bond donors (Lipinski definition) is 1. The van der Waals surface area contributed by atoms with Gasteiger partial charge in [-0.1, -0.05) is 43.2 Å². The predicted octanol–water partition coefficient (Wildman–Crippen LogP) is 4.32. The predicted molar refractivity (Wildman–Crippen MR) is 138 cm³/mol. The highest BCUT2D eigenvalue weighted by Gasteiger charge is 2.48. The van der Waals surface area contributed by atoms with E-state index in [9.17, 15) is 14.4 Å². The molecule has 0 bridgehead atoms. The summed E-state index contributed by atoms with van der Waals surface area (Å²) in [6.45, 7) is 0.459. The molecule has 0 spiro atoms. The van der Waals surface area contributed by atoms with E-state index < -0.39 is 6.04 Å². The largest absolute Gasteiger partial charge is 0.496 e. The minimum atomic E-state index is -0.530. The van der Waals surface area contributed by atoms with Gasteiger partial charge in [0.2, 0.25) is 5.91 Å². The number of amides is 2. The summed E-state index contributed by atoms with van der Waals surface area (Å²) in [6.07, 6.45) is 6.59. The van der Waals surface area contributed by atoms with Crippen LogP contribution in [0.2, 0.25) is 0 Å². The van der Waals surface area contributed by atoms with E-state index in [4.69, 9.17) is 4.74 Å². The number of pyridine rings is 1. The van der Waals surface area contributed by atoms with Crippen LogP contribution in [0.1, 0.15) is 48.0 Å². The fourth-order valence-electron chi connectivity index (χ4n) is 5.65. The summed E-state index contributed by atoms with van der Waals surface area (Å²) < 4.78 is 7.08. The standard InChI is InChI=1S/C29H31N3O4/c1-36-26-11-5-3-9-23(26)29(35)32-24-10-4-2-8-21(24)18-25(32)28(34)30-22-15-13-20(14-16-22)19-31-17-7-6-12-27(31)33/h3,5-7,9,11-17,21,24-25H,2,4,8,10,18-19H2,1H3,(H,30,34). The third kappa shape index (κ3) is 4.78. The molecule has 0 radical (unpaired) electrons. The van der Waals surface area contributed by atoms with Crippen molar-refractivity contribution in [2.75, 3.05) is 12.4 Å². The van der Waals surface area contributed by atoms with Crippen LogP contribution in [0, 0.1) is 5.92 Å². The molecule has 5 rings (SSSR count). The fraction of sp³-hybridized carbons (Fsp3) is 0.345. The molecule has 3 aromatic rings. The van der Waals surface area contributed by atoms with Crippen LogP contribution in [0.15, 0.2) is 77.7 Å². The van der Waals surface area contributed by atoms with Crippen molar-refractivity contribution in [3.8, 4) is 5.75 Å². The Morgan fingerprint density at radius 3 is 2.50 bits per heavy atom. The zero-order chi connectivity index (χ0) is 25.1. The van der Waals surface area contributed by atoms with Gasteiger partial charge >= 0.3 is 0 Å². The molecule has 186 valence electrons. The summed E-state index contributed by atoms with van der Waals surface area (Å²) in [5.41, 5.74) is 2.06. The lowest BCUT2D eigenvalue weighted by atomic mass is 9.84. The van der Waals surface area contributed by atoms with Crippen LogP contribution in [0.25, 0.3) is 0 Å². The van der Waals surface area contributed by atoms with Gasteiger partial charge in [0.05, 0.1) is 19.2 Å². The number of anilines is 1. The zero-order valence-electron chi connectivity index (χ0n) is 20.4. The molecule has 1 saturated carbocycles. The first-order valence-corrected chi connectivity index (χ1v) is 12.6. The van der Waals surface area contributed by atoms with E-state index in [1.54, 1.807) is 36.1 Å². The smallest absolute Gasteiger partial charge is 0.258 e. The normalized spacial score (nSPS) is 21.0. The van der Waals surface area contributed by atoms with E-state index in [0.717, 1.165) is 31.2 Å². The number of ether oxygens (including phenoxy) is 1. The van der Waals surface area contributed by atoms with E-state index in [2.05, 4.69) is 5.32 Å². The van der Waals surface area contributed by atoms with Gasteiger partial charge < -0.3 is 19.5 Å². The first-order valence-electron chi connectivity index (χ1n) is 12.6. The number of fused-ring (bicyclic) bond motifs is 1. The van der Waals surface area contributed by atoms with Crippen LogP contribution in [-0.4, -0.2) is 40.5 Å². The first kappa shape index (κ1) is 23.9. The van der Waals surface area contributed by atoms with E-state index in [-0.39, 0.29) is 23.4 Å². The van der Waals surface area contributed by atoms with E-state index >= 15 is 0 Å². The molecule has 7 heteroatoms. The molecule has 2 amide bonds. The van der Waals surface area contributed by atoms with Crippen molar-refractivity contribution < 1.29 is 14.3 Å². The number of rotatable bonds is 6. The number of carbonyl (C=O) groups excluding carboxylic acids is 2. The Morgan fingerprint density at radius 1 is 0.972 bits per heavy atom. The Kier molecular flexibility index (Phi) is 6.89. The van der Waals surface area contributed by atoms with Gasteiger partial charge in [0, 0.05) is 24.0 Å². The van der Waals surface area contributed by atoms with E-state index in [1.165, 1.54) is 6.07 Å². The molecule has 7 nitrogen and oxygen atoms in total. The molecule has 3 unspecified atom stereocenters. The lowest BCUT2D eigenvalue weighted by Crippen LogP contribution is -2.48. The summed E-state index contributed by atoms with van der Waals surface area (Å²) in [7, 11) is 1.56. The van der Waals surface area contributed by atoms with Crippen molar-refractivity contribution in [2.24, 2.45) is 5.92 Å². The van der Waals surface area contributed by atoms with Gasteiger partial charge in [-0.15, -0.1) is 0 Å². The average Bonchev–Trinajstić information content (AvgIpc) is 3.30. The van der Waals surface area contributed by atoms with Crippen molar-refractivity contribution in [3.05, 3.63) is 94.4 Å². The van der Waals surface area contributed by atoms with Crippen LogP contribution in [0.4, 0.5) is 5.69 Å². The van der Waals surface area contributed by atoms with E-state index in [1.807, 2.05) is 47.4 Å². The molecule has 1 aliphatic carbocycles. The minimum absolute atomic E-state index is 0.0580. The Bertz CT molecular complexity index is 1300. The van der Waals surface area contributed by atoms with Crippen LogP contribution in [0.3, 0.4) is 0 Å². The number of benzene rings is 2. The highest BCUT2D eigenvalue weighted by Crippen LogP contribution is 2.41. The molecule has 1 N–H and O–H groups in total. The first-order chi connectivity index (χ1) is 17.5. The van der Waals surface area contributed by atoms with Crippen LogP contribution in [-0.2, 0) is 11.3 Å². The number of nitrogens with zero attached hydrogens (tertiary/aromatic N) is 2. The summed E-state index contributed by atoms with van der Waals surface area (Å²) in [5, 5.41) is 3.03. The molecular weight excluding hydrogens is 454 g/mol. The number of para-hydroxylation sites is 1. The van der Waals surface area contributed by atoms with Crippen molar-refractivity contribution >= 4 is 17.5 Å². The molecule has 2 fully saturated rings. The van der Waals surface area contributed by atoms with Crippen molar-refractivity contribution in [2.45, 2.75) is 50.7 Å². The summed E-state index contributed by atoms with van der Waals surface area (Å²) in [6, 6.07) is 19.3. The fourth-order valence-corrected chi connectivity index (χ4v) is 5.65. The third-order valence-electron chi connectivity index (χ3n) is 7.44. The maximum Gasteiger partial charge on any atom is 0.258 e. The van der Waals surface area contributed by atoms with Gasteiger partial charge in [-0.3, -0.25) is 14.4 Å². The molecule has 36 heavy (non-hydrogen) atoms. The summed E-state index contributed by atoms with van der Waals surface area (Å²) in [5.74, 6) is 0.541. The highest BCUT2D eigenvalue weighted by molar-refractivity contribution is 6.03. The molecule has 2 heterocycles. The molecule has 1 aromatic heterocycles. The Morgan fingerprint density at radius 2 is 1.72 bits per heavy atom. The Hall–Kier alpha value is -3.87. The number of likely N-dealkylation sites (tertiary alicyclic amines) is 1. The number of aromatic nitrogens is 1. The van der Waals surface area contributed by atoms with Gasteiger partial charge in [0.1, 0.15) is 11.8 Å². The molecule has 2 aliphatic rings. The van der Waals surface area contributed by atoms with Crippen LogP contribution >= 0.6 is 0 Å². The topological polar surface area (TPSA) is 80.6 Å². The third-order valence-corrected chi connectivity index (χ3v) is 7.44. The maximum atomic E-state index is 13.7. The maximum absolute atomic E-state index is 13.7. The summed E-state index contributed by atoms with van der Waals surface area (Å²) >= 11 is 0. The minimum Gasteiger partial charge on any atom is -0.496 e. The van der Waals surface area contributed by atoms with Crippen molar-refractivity contribution in [3.63, 3.8) is 0 Å². The van der Waals surface area contributed by atoms with Gasteiger partial charge in [-0.05, 0) is 61.1 Å². The number of nitrogens with one attached hydrogen (secondary N) is 1. The van der Waals surface area contributed by atoms with Crippen LogP contribution in [0.5, 0.6) is 5.75 Å². The second-order valence-electron chi connectivity index (χ2n) is 9.63. The Balaban J connectivity index is 1.34. The van der Waals surface area contributed by atoms with Gasteiger partial charge in [0.15, 0.2) is 0 Å². The lowest BCUT2D eigenvalue weighted by molar-refractivity contribution is -0.120. The second kappa shape index (κ2) is 10.4. The SMILES string of the molecule is COc1ccccc1C(=O)N1C(C(=O)Nc2ccc(Cn3ccccc3=O)cc2)CC2CCCCC21. The second-order valence-corrected chi connectivity index (χ2v) is 9.63. The van der Waals surface area contributed by atoms with E-state index in [0.29, 0.717) is 35.9 Å². The quantitative estimate of drug-likeness (QED) is 0.564. The molecule has 1 saturated heterocycles. The number of methoxy groups -OCH3 is 1. The van der Waals surface area contributed by atoms with Crippen molar-refractivity contribution in [1.29, 1.82) is 0 Å². The Labute approximate surface area is 210 Å². The van der Waals surface area contributed by atoms with Crippen LogP contribution < -0.4 is 15.6 Å². The van der Waals surface area contributed by atoms with Gasteiger partial charge in [-0.25, -0.2) is 0 Å². The van der Waals surface area contributed by atoms with Gasteiger partial charge in [-0.2, -0.15) is 0 Å². The van der Waals surface area contributed by atoms with Crippen molar-refractivity contribution in [1.82, 2.24) is 9.47 Å². The average molecular weight is 486 g/mol. The molecular formula is C29H31N3O4. The lowest BCUT2D eigenvalue weighted by Gasteiger charge is -2.34. The van der Waals surface area contributed by atoms with Gasteiger partial charge in [0.25, 0.3) is 11.5 Å². The monoisotopic (exact) mass is 485 g/mol. The molecule has 1 aliphatic heterocycles. The highest BCUT2D eigenvalue weighted by atomic mass is 16.5. The number of carbonyl (C=O) groups is 2. The number of hydrogen-bond acceptors (Lipinski definition) is 4.